The quantitative estimate of drug-likeness (QED) is 0.639. The van der Waals surface area contributed by atoms with Crippen LogP contribution in [0.25, 0.3) is 0 Å². The van der Waals surface area contributed by atoms with Gasteiger partial charge in [0.25, 0.3) is 0 Å². The topological polar surface area (TPSA) is 92.7 Å². The first-order valence-corrected chi connectivity index (χ1v) is 5.45. The Morgan fingerprint density at radius 1 is 1.29 bits per heavy atom. The minimum absolute atomic E-state index is 0.0904. The van der Waals surface area contributed by atoms with Crippen molar-refractivity contribution < 1.29 is 24.2 Å². The molecule has 0 aromatic heterocycles. The molecule has 0 spiro atoms. The number of aliphatic carboxylic acids is 1. The predicted octanol–water partition coefficient (Wildman–Crippen LogP) is 0.557. The van der Waals surface area contributed by atoms with E-state index in [1.807, 2.05) is 0 Å². The lowest BCUT2D eigenvalue weighted by molar-refractivity contribution is -0.149. The lowest BCUT2D eigenvalue weighted by Crippen LogP contribution is -2.34. The Morgan fingerprint density at radius 3 is 2.35 bits per heavy atom. The largest absolute Gasteiger partial charge is 0.481 e. The van der Waals surface area contributed by atoms with Gasteiger partial charge in [-0.2, -0.15) is 0 Å². The van der Waals surface area contributed by atoms with Gasteiger partial charge in [0, 0.05) is 13.0 Å². The monoisotopic (exact) mass is 245 g/mol. The number of ether oxygens (including phenoxy) is 1. The number of nitrogens with one attached hydrogen (secondary N) is 1. The van der Waals surface area contributed by atoms with Crippen molar-refractivity contribution in [3.63, 3.8) is 0 Å². The molecule has 0 saturated heterocycles. The van der Waals surface area contributed by atoms with Gasteiger partial charge in [-0.3, -0.25) is 14.4 Å². The Kier molecular flexibility index (Phi) is 6.23. The first-order chi connectivity index (χ1) is 7.79. The summed E-state index contributed by atoms with van der Waals surface area (Å²) >= 11 is 0. The molecule has 98 valence electrons. The average Bonchev–Trinajstić information content (AvgIpc) is 2.16. The Labute approximate surface area is 100 Å². The standard InChI is InChI=1S/C11H19NO5/c1-4-17-9(14)5-6-12-8(13)7-11(2,3)10(15)16/h4-7H2,1-3H3,(H,12,13)(H,15,16). The van der Waals surface area contributed by atoms with Gasteiger partial charge in [-0.05, 0) is 20.8 Å². The van der Waals surface area contributed by atoms with Crippen molar-refractivity contribution in [2.75, 3.05) is 13.2 Å². The predicted molar refractivity (Wildman–Crippen MR) is 60.3 cm³/mol. The van der Waals surface area contributed by atoms with E-state index >= 15 is 0 Å². The van der Waals surface area contributed by atoms with Crippen LogP contribution in [0.1, 0.15) is 33.6 Å². The van der Waals surface area contributed by atoms with E-state index in [0.29, 0.717) is 6.61 Å². The number of rotatable bonds is 7. The van der Waals surface area contributed by atoms with Gasteiger partial charge in [0.05, 0.1) is 18.4 Å². The molecule has 0 aromatic rings. The van der Waals surface area contributed by atoms with Crippen LogP contribution < -0.4 is 5.32 Å². The first kappa shape index (κ1) is 15.4. The van der Waals surface area contributed by atoms with Crippen molar-refractivity contribution in [2.45, 2.75) is 33.6 Å². The molecule has 0 heterocycles. The summed E-state index contributed by atoms with van der Waals surface area (Å²) in [4.78, 5) is 33.1. The Bertz CT molecular complexity index is 298. The normalized spacial score (nSPS) is 10.8. The third-order valence-electron chi connectivity index (χ3n) is 2.14. The van der Waals surface area contributed by atoms with Crippen LogP contribution in [0.2, 0.25) is 0 Å². The molecule has 0 saturated carbocycles. The number of carbonyl (C=O) groups excluding carboxylic acids is 2. The van der Waals surface area contributed by atoms with Crippen molar-refractivity contribution in [3.05, 3.63) is 0 Å². The SMILES string of the molecule is CCOC(=O)CCNC(=O)CC(C)(C)C(=O)O. The number of amides is 1. The fraction of sp³-hybridized carbons (Fsp3) is 0.727. The smallest absolute Gasteiger partial charge is 0.309 e. The zero-order valence-electron chi connectivity index (χ0n) is 10.4. The number of esters is 1. The number of hydrogen-bond donors (Lipinski definition) is 2. The fourth-order valence-corrected chi connectivity index (χ4v) is 1.08. The highest BCUT2D eigenvalue weighted by atomic mass is 16.5. The Balaban J connectivity index is 3.89. The Morgan fingerprint density at radius 2 is 1.88 bits per heavy atom. The summed E-state index contributed by atoms with van der Waals surface area (Å²) in [5, 5.41) is 11.3. The highest BCUT2D eigenvalue weighted by Gasteiger charge is 2.29. The minimum atomic E-state index is -1.10. The van der Waals surface area contributed by atoms with Crippen molar-refractivity contribution in [2.24, 2.45) is 5.41 Å². The molecule has 0 atom stereocenters. The molecule has 0 bridgehead atoms. The molecule has 2 N–H and O–H groups in total. The van der Waals surface area contributed by atoms with Gasteiger partial charge < -0.3 is 15.2 Å². The van der Waals surface area contributed by atoms with Crippen molar-refractivity contribution in [1.29, 1.82) is 0 Å². The van der Waals surface area contributed by atoms with E-state index in [-0.39, 0.29) is 31.3 Å². The zero-order chi connectivity index (χ0) is 13.5. The van der Waals surface area contributed by atoms with Crippen LogP contribution in [0.3, 0.4) is 0 Å². The molecule has 0 fully saturated rings. The summed E-state index contributed by atoms with van der Waals surface area (Å²) in [5.74, 6) is -1.80. The van der Waals surface area contributed by atoms with Gasteiger partial charge >= 0.3 is 11.9 Å². The number of hydrogen-bond acceptors (Lipinski definition) is 4. The molecule has 0 aliphatic carbocycles. The molecule has 6 nitrogen and oxygen atoms in total. The molecule has 17 heavy (non-hydrogen) atoms. The summed E-state index contributed by atoms with van der Waals surface area (Å²) in [6.45, 7) is 5.11. The second-order valence-corrected chi connectivity index (χ2v) is 4.27. The van der Waals surface area contributed by atoms with Crippen LogP contribution >= 0.6 is 0 Å². The summed E-state index contributed by atoms with van der Waals surface area (Å²) in [7, 11) is 0. The molecule has 1 amide bonds. The minimum Gasteiger partial charge on any atom is -0.481 e. The van der Waals surface area contributed by atoms with Crippen LogP contribution in [0.4, 0.5) is 0 Å². The molecular weight excluding hydrogens is 226 g/mol. The molecule has 0 aliphatic heterocycles. The van der Waals surface area contributed by atoms with Crippen LogP contribution in [-0.2, 0) is 19.1 Å². The Hall–Kier alpha value is -1.59. The summed E-state index contributed by atoms with van der Waals surface area (Å²) in [5.41, 5.74) is -1.10. The van der Waals surface area contributed by atoms with E-state index in [1.54, 1.807) is 6.92 Å². The number of carboxylic acids is 1. The van der Waals surface area contributed by atoms with E-state index in [1.165, 1.54) is 13.8 Å². The highest BCUT2D eigenvalue weighted by molar-refractivity contribution is 5.84. The number of carboxylic acid groups (broad SMARTS) is 1. The van der Waals surface area contributed by atoms with Crippen LogP contribution in [0.15, 0.2) is 0 Å². The van der Waals surface area contributed by atoms with Crippen LogP contribution in [0, 0.1) is 5.41 Å². The molecule has 0 unspecified atom stereocenters. The maximum absolute atomic E-state index is 11.4. The van der Waals surface area contributed by atoms with Crippen LogP contribution in [-0.4, -0.2) is 36.1 Å². The van der Waals surface area contributed by atoms with Gasteiger partial charge in [0.1, 0.15) is 0 Å². The molecule has 6 heteroatoms. The maximum Gasteiger partial charge on any atom is 0.309 e. The highest BCUT2D eigenvalue weighted by Crippen LogP contribution is 2.19. The molecule has 0 radical (unpaired) electrons. The van der Waals surface area contributed by atoms with E-state index < -0.39 is 11.4 Å². The maximum atomic E-state index is 11.4. The first-order valence-electron chi connectivity index (χ1n) is 5.45. The van der Waals surface area contributed by atoms with Gasteiger partial charge in [-0.25, -0.2) is 0 Å². The summed E-state index contributed by atoms with van der Waals surface area (Å²) in [6, 6.07) is 0. The third kappa shape index (κ3) is 6.55. The van der Waals surface area contributed by atoms with Gasteiger partial charge in [0.15, 0.2) is 0 Å². The average molecular weight is 245 g/mol. The van der Waals surface area contributed by atoms with E-state index in [4.69, 9.17) is 5.11 Å². The van der Waals surface area contributed by atoms with Crippen molar-refractivity contribution >= 4 is 17.8 Å². The van der Waals surface area contributed by atoms with Crippen molar-refractivity contribution in [3.8, 4) is 0 Å². The third-order valence-corrected chi connectivity index (χ3v) is 2.14. The molecule has 0 rings (SSSR count). The fourth-order valence-electron chi connectivity index (χ4n) is 1.08. The number of carbonyl (C=O) groups is 3. The second-order valence-electron chi connectivity index (χ2n) is 4.27. The van der Waals surface area contributed by atoms with Crippen molar-refractivity contribution in [1.82, 2.24) is 5.32 Å². The van der Waals surface area contributed by atoms with Gasteiger partial charge in [0.2, 0.25) is 5.91 Å². The molecule has 0 aliphatic rings. The van der Waals surface area contributed by atoms with Gasteiger partial charge in [-0.15, -0.1) is 0 Å². The molecule has 0 aromatic carbocycles. The van der Waals surface area contributed by atoms with Crippen LogP contribution in [0.5, 0.6) is 0 Å². The van der Waals surface area contributed by atoms with Gasteiger partial charge in [-0.1, -0.05) is 0 Å². The van der Waals surface area contributed by atoms with E-state index in [2.05, 4.69) is 10.1 Å². The molecular formula is C11H19NO5. The second kappa shape index (κ2) is 6.88. The summed E-state index contributed by atoms with van der Waals surface area (Å²) in [6.07, 6.45) is -0.0295. The zero-order valence-corrected chi connectivity index (χ0v) is 10.4. The van der Waals surface area contributed by atoms with E-state index in [9.17, 15) is 14.4 Å². The van der Waals surface area contributed by atoms with E-state index in [0.717, 1.165) is 0 Å². The lowest BCUT2D eigenvalue weighted by atomic mass is 9.89. The lowest BCUT2D eigenvalue weighted by Gasteiger charge is -2.17. The summed E-state index contributed by atoms with van der Waals surface area (Å²) < 4.78 is 4.68.